The van der Waals surface area contributed by atoms with Crippen molar-refractivity contribution in [2.75, 3.05) is 7.11 Å². The van der Waals surface area contributed by atoms with Gasteiger partial charge < -0.3 is 15.2 Å². The smallest absolute Gasteiger partial charge is 0.404 e. The lowest BCUT2D eigenvalue weighted by Crippen LogP contribution is -2.27. The molecule has 2 N–H and O–H groups in total. The second-order valence-electron chi connectivity index (χ2n) is 3.43. The average Bonchev–Trinajstić information content (AvgIpc) is 2.22. The van der Waals surface area contributed by atoms with E-state index in [2.05, 4.69) is 0 Å². The summed E-state index contributed by atoms with van der Waals surface area (Å²) >= 11 is 12.1. The highest BCUT2D eigenvalue weighted by molar-refractivity contribution is 6.36. The summed E-state index contributed by atoms with van der Waals surface area (Å²) in [5.74, 6) is 0. The monoisotopic (exact) mass is 277 g/mol. The summed E-state index contributed by atoms with van der Waals surface area (Å²) in [7, 11) is 1.48. The number of carbonyl (C=O) groups is 1. The van der Waals surface area contributed by atoms with Crippen LogP contribution in [0.15, 0.2) is 18.2 Å². The van der Waals surface area contributed by atoms with Crippen molar-refractivity contribution in [1.29, 1.82) is 0 Å². The van der Waals surface area contributed by atoms with Gasteiger partial charge in [0.15, 0.2) is 0 Å². The summed E-state index contributed by atoms with van der Waals surface area (Å²) in [6, 6.07) is 5.10. The van der Waals surface area contributed by atoms with E-state index in [1.807, 2.05) is 0 Å². The lowest BCUT2D eigenvalue weighted by molar-refractivity contribution is -0.0120. The Bertz CT molecular complexity index is 391. The van der Waals surface area contributed by atoms with Crippen molar-refractivity contribution in [2.45, 2.75) is 19.1 Å². The SMILES string of the molecule is CO[C@H](c1c(Cl)cccc1Cl)[C@@H](C)OC(N)=O. The fourth-order valence-electron chi connectivity index (χ4n) is 1.57. The van der Waals surface area contributed by atoms with Crippen LogP contribution < -0.4 is 5.73 Å². The Morgan fingerprint density at radius 3 is 2.29 bits per heavy atom. The van der Waals surface area contributed by atoms with E-state index in [-0.39, 0.29) is 0 Å². The molecule has 1 rings (SSSR count). The number of hydrogen-bond donors (Lipinski definition) is 1. The fourth-order valence-corrected chi connectivity index (χ4v) is 2.18. The molecule has 0 aliphatic carbocycles. The van der Waals surface area contributed by atoms with Gasteiger partial charge >= 0.3 is 6.09 Å². The minimum Gasteiger partial charge on any atom is -0.444 e. The Morgan fingerprint density at radius 1 is 1.35 bits per heavy atom. The maximum atomic E-state index is 10.7. The Kier molecular flexibility index (Phi) is 5.05. The highest BCUT2D eigenvalue weighted by atomic mass is 35.5. The first-order chi connectivity index (χ1) is 7.97. The maximum Gasteiger partial charge on any atom is 0.404 e. The van der Waals surface area contributed by atoms with E-state index < -0.39 is 18.3 Å². The van der Waals surface area contributed by atoms with Crippen LogP contribution in [0.4, 0.5) is 4.79 Å². The van der Waals surface area contributed by atoms with Crippen LogP contribution in [0, 0.1) is 0 Å². The summed E-state index contributed by atoms with van der Waals surface area (Å²) in [5, 5.41) is 0.897. The number of hydrogen-bond acceptors (Lipinski definition) is 3. The molecule has 2 atom stereocenters. The molecule has 1 amide bonds. The van der Waals surface area contributed by atoms with Crippen LogP contribution in [0.2, 0.25) is 10.0 Å². The standard InChI is InChI=1S/C11H13Cl2NO3/c1-6(17-11(14)15)10(16-2)9-7(12)4-3-5-8(9)13/h3-6,10H,1-2H3,(H2,14,15)/t6-,10+/m1/s1. The van der Waals surface area contributed by atoms with Crippen LogP contribution in [0.25, 0.3) is 0 Å². The van der Waals surface area contributed by atoms with Crippen molar-refractivity contribution in [3.63, 3.8) is 0 Å². The summed E-state index contributed by atoms with van der Waals surface area (Å²) in [6.07, 6.45) is -2.03. The van der Waals surface area contributed by atoms with E-state index in [0.29, 0.717) is 15.6 Å². The number of rotatable bonds is 4. The van der Waals surface area contributed by atoms with Gasteiger partial charge in [-0.1, -0.05) is 29.3 Å². The Morgan fingerprint density at radius 2 is 1.88 bits per heavy atom. The van der Waals surface area contributed by atoms with Gasteiger partial charge in [0.25, 0.3) is 0 Å². The largest absolute Gasteiger partial charge is 0.444 e. The van der Waals surface area contributed by atoms with Gasteiger partial charge in [-0.3, -0.25) is 0 Å². The Balaban J connectivity index is 3.05. The number of ether oxygens (including phenoxy) is 2. The van der Waals surface area contributed by atoms with Crippen LogP contribution in [-0.2, 0) is 9.47 Å². The van der Waals surface area contributed by atoms with Gasteiger partial charge in [-0.25, -0.2) is 4.79 Å². The first-order valence-electron chi connectivity index (χ1n) is 4.90. The molecule has 0 heterocycles. The maximum absolute atomic E-state index is 10.7. The zero-order chi connectivity index (χ0) is 13.0. The van der Waals surface area contributed by atoms with Crippen molar-refractivity contribution < 1.29 is 14.3 Å². The van der Waals surface area contributed by atoms with Gasteiger partial charge in [0.1, 0.15) is 12.2 Å². The van der Waals surface area contributed by atoms with E-state index in [0.717, 1.165) is 0 Å². The second kappa shape index (κ2) is 6.10. The van der Waals surface area contributed by atoms with Crippen LogP contribution in [0.3, 0.4) is 0 Å². The predicted molar refractivity (Wildman–Crippen MR) is 66.3 cm³/mol. The molecule has 0 radical (unpaired) electrons. The topological polar surface area (TPSA) is 61.6 Å². The first kappa shape index (κ1) is 14.1. The summed E-state index contributed by atoms with van der Waals surface area (Å²) < 4.78 is 10.1. The van der Waals surface area contributed by atoms with E-state index in [9.17, 15) is 4.79 Å². The van der Waals surface area contributed by atoms with Gasteiger partial charge in [-0.05, 0) is 19.1 Å². The number of carbonyl (C=O) groups excluding carboxylic acids is 1. The fraction of sp³-hybridized carbons (Fsp3) is 0.364. The summed E-state index contributed by atoms with van der Waals surface area (Å²) in [4.78, 5) is 10.7. The minimum atomic E-state index is -0.872. The molecule has 0 aromatic heterocycles. The molecular weight excluding hydrogens is 265 g/mol. The van der Waals surface area contributed by atoms with Gasteiger partial charge in [0.05, 0.1) is 0 Å². The number of benzene rings is 1. The normalized spacial score (nSPS) is 14.1. The molecule has 0 saturated carbocycles. The highest BCUT2D eigenvalue weighted by Gasteiger charge is 2.26. The van der Waals surface area contributed by atoms with Crippen LogP contribution >= 0.6 is 23.2 Å². The molecule has 0 fully saturated rings. The third kappa shape index (κ3) is 3.49. The van der Waals surface area contributed by atoms with E-state index in [1.165, 1.54) is 7.11 Å². The molecule has 6 heteroatoms. The number of halogens is 2. The highest BCUT2D eigenvalue weighted by Crippen LogP contribution is 2.34. The predicted octanol–water partition coefficient (Wildman–Crippen LogP) is 3.16. The lowest BCUT2D eigenvalue weighted by atomic mass is 10.0. The molecule has 4 nitrogen and oxygen atoms in total. The molecule has 1 aromatic rings. The molecule has 0 saturated heterocycles. The molecule has 0 aliphatic heterocycles. The van der Waals surface area contributed by atoms with E-state index in [4.69, 9.17) is 38.4 Å². The molecule has 1 aromatic carbocycles. The van der Waals surface area contributed by atoms with Crippen LogP contribution in [0.5, 0.6) is 0 Å². The summed E-state index contributed by atoms with van der Waals surface area (Å²) in [5.41, 5.74) is 5.53. The van der Waals surface area contributed by atoms with Crippen molar-refractivity contribution in [3.05, 3.63) is 33.8 Å². The first-order valence-corrected chi connectivity index (χ1v) is 5.65. The number of nitrogens with two attached hydrogens (primary N) is 1. The molecule has 0 bridgehead atoms. The minimum absolute atomic E-state index is 0.448. The van der Waals surface area contributed by atoms with Crippen molar-refractivity contribution in [3.8, 4) is 0 Å². The zero-order valence-corrected chi connectivity index (χ0v) is 11.0. The molecule has 0 spiro atoms. The Labute approximate surface area is 110 Å². The number of amides is 1. The van der Waals surface area contributed by atoms with Gasteiger partial charge in [0.2, 0.25) is 0 Å². The molecular formula is C11H13Cl2NO3. The third-order valence-corrected chi connectivity index (χ3v) is 2.93. The van der Waals surface area contributed by atoms with Crippen molar-refractivity contribution >= 4 is 29.3 Å². The average molecular weight is 278 g/mol. The number of primary amides is 1. The third-order valence-electron chi connectivity index (χ3n) is 2.27. The van der Waals surface area contributed by atoms with Gasteiger partial charge in [0, 0.05) is 22.7 Å². The second-order valence-corrected chi connectivity index (χ2v) is 4.25. The molecule has 0 aliphatic rings. The quantitative estimate of drug-likeness (QED) is 0.920. The number of methoxy groups -OCH3 is 1. The molecule has 17 heavy (non-hydrogen) atoms. The van der Waals surface area contributed by atoms with Crippen molar-refractivity contribution in [1.82, 2.24) is 0 Å². The van der Waals surface area contributed by atoms with Crippen LogP contribution in [-0.4, -0.2) is 19.3 Å². The van der Waals surface area contributed by atoms with E-state index in [1.54, 1.807) is 25.1 Å². The van der Waals surface area contributed by atoms with E-state index >= 15 is 0 Å². The van der Waals surface area contributed by atoms with Crippen LogP contribution in [0.1, 0.15) is 18.6 Å². The van der Waals surface area contributed by atoms with Gasteiger partial charge in [-0.2, -0.15) is 0 Å². The Hall–Kier alpha value is -0.970. The molecule has 94 valence electrons. The summed E-state index contributed by atoms with van der Waals surface area (Å²) in [6.45, 7) is 1.65. The zero-order valence-electron chi connectivity index (χ0n) is 9.44. The van der Waals surface area contributed by atoms with Gasteiger partial charge in [-0.15, -0.1) is 0 Å². The molecule has 0 unspecified atom stereocenters. The van der Waals surface area contributed by atoms with Crippen molar-refractivity contribution in [2.24, 2.45) is 5.73 Å². The lowest BCUT2D eigenvalue weighted by Gasteiger charge is -2.24.